The fourth-order valence-electron chi connectivity index (χ4n) is 2.98. The molecule has 0 atom stereocenters. The maximum absolute atomic E-state index is 12.1. The fourth-order valence-corrected chi connectivity index (χ4v) is 2.98. The Morgan fingerprint density at radius 3 is 2.12 bits per heavy atom. The molecule has 0 aliphatic rings. The SMILES string of the molecule is CC(=O)N(CCC(=O)Nc1ccccc1)c1c(C)cc(C)cc1C. The first kappa shape index (κ1) is 17.7. The van der Waals surface area contributed by atoms with Crippen LogP contribution in [0.15, 0.2) is 42.5 Å². The zero-order chi connectivity index (χ0) is 17.7. The van der Waals surface area contributed by atoms with Crippen molar-refractivity contribution in [2.45, 2.75) is 34.1 Å². The van der Waals surface area contributed by atoms with Crippen LogP contribution in [0.4, 0.5) is 11.4 Å². The Morgan fingerprint density at radius 2 is 1.58 bits per heavy atom. The molecule has 2 aromatic carbocycles. The number of carbonyl (C=O) groups excluding carboxylic acids is 2. The third-order valence-electron chi connectivity index (χ3n) is 3.91. The molecule has 0 aliphatic carbocycles. The number of nitrogens with one attached hydrogen (secondary N) is 1. The highest BCUT2D eigenvalue weighted by molar-refractivity contribution is 5.95. The third kappa shape index (κ3) is 4.44. The number of hydrogen-bond donors (Lipinski definition) is 1. The molecule has 1 N–H and O–H groups in total. The van der Waals surface area contributed by atoms with Gasteiger partial charge in [0.15, 0.2) is 0 Å². The van der Waals surface area contributed by atoms with Gasteiger partial charge in [0, 0.05) is 31.3 Å². The molecule has 0 saturated heterocycles. The highest BCUT2D eigenvalue weighted by Crippen LogP contribution is 2.26. The van der Waals surface area contributed by atoms with Crippen LogP contribution in [0.3, 0.4) is 0 Å². The summed E-state index contributed by atoms with van der Waals surface area (Å²) >= 11 is 0. The second kappa shape index (κ2) is 7.77. The summed E-state index contributed by atoms with van der Waals surface area (Å²) in [5.74, 6) is -0.160. The molecule has 0 radical (unpaired) electrons. The summed E-state index contributed by atoms with van der Waals surface area (Å²) in [6.07, 6.45) is 0.251. The Balaban J connectivity index is 2.10. The standard InChI is InChI=1S/C20H24N2O2/c1-14-12-15(2)20(16(3)13-14)22(17(4)23)11-10-19(24)21-18-8-6-5-7-9-18/h5-9,12-13H,10-11H2,1-4H3,(H,21,24). The van der Waals surface area contributed by atoms with E-state index in [1.165, 1.54) is 12.5 Å². The lowest BCUT2D eigenvalue weighted by molar-refractivity contribution is -0.117. The Hall–Kier alpha value is -2.62. The zero-order valence-electron chi connectivity index (χ0n) is 14.7. The number of anilines is 2. The van der Waals surface area contributed by atoms with E-state index in [1.54, 1.807) is 4.90 Å². The molecule has 126 valence electrons. The molecule has 0 heterocycles. The minimum Gasteiger partial charge on any atom is -0.326 e. The predicted molar refractivity (Wildman–Crippen MR) is 98.4 cm³/mol. The van der Waals surface area contributed by atoms with Gasteiger partial charge < -0.3 is 10.2 Å². The summed E-state index contributed by atoms with van der Waals surface area (Å²) in [5, 5.41) is 2.85. The molecule has 0 aromatic heterocycles. The van der Waals surface area contributed by atoms with Crippen LogP contribution < -0.4 is 10.2 Å². The number of rotatable bonds is 5. The van der Waals surface area contributed by atoms with E-state index >= 15 is 0 Å². The molecule has 0 spiro atoms. The van der Waals surface area contributed by atoms with E-state index < -0.39 is 0 Å². The Labute approximate surface area is 143 Å². The lowest BCUT2D eigenvalue weighted by atomic mass is 10.0. The van der Waals surface area contributed by atoms with Crippen LogP contribution in [0.1, 0.15) is 30.0 Å². The average Bonchev–Trinajstić information content (AvgIpc) is 2.50. The maximum atomic E-state index is 12.1. The van der Waals surface area contributed by atoms with Crippen LogP contribution >= 0.6 is 0 Å². The van der Waals surface area contributed by atoms with Crippen molar-refractivity contribution in [1.82, 2.24) is 0 Å². The van der Waals surface area contributed by atoms with Crippen LogP contribution in [0.5, 0.6) is 0 Å². The van der Waals surface area contributed by atoms with Gasteiger partial charge in [0.05, 0.1) is 0 Å². The predicted octanol–water partition coefficient (Wildman–Crippen LogP) is 3.99. The number of aryl methyl sites for hydroxylation is 3. The highest BCUT2D eigenvalue weighted by atomic mass is 16.2. The largest absolute Gasteiger partial charge is 0.326 e. The Morgan fingerprint density at radius 1 is 1.00 bits per heavy atom. The molecule has 24 heavy (non-hydrogen) atoms. The molecular weight excluding hydrogens is 300 g/mol. The number of hydrogen-bond acceptors (Lipinski definition) is 2. The quantitative estimate of drug-likeness (QED) is 0.904. The van der Waals surface area contributed by atoms with Crippen molar-refractivity contribution in [3.63, 3.8) is 0 Å². The molecule has 0 unspecified atom stereocenters. The van der Waals surface area contributed by atoms with E-state index in [9.17, 15) is 9.59 Å². The minimum atomic E-state index is -0.102. The topological polar surface area (TPSA) is 49.4 Å². The first-order valence-electron chi connectivity index (χ1n) is 8.09. The molecule has 2 aromatic rings. The van der Waals surface area contributed by atoms with Gasteiger partial charge in [0.25, 0.3) is 0 Å². The van der Waals surface area contributed by atoms with Crippen molar-refractivity contribution < 1.29 is 9.59 Å². The van der Waals surface area contributed by atoms with Crippen molar-refractivity contribution in [3.8, 4) is 0 Å². The molecule has 4 nitrogen and oxygen atoms in total. The highest BCUT2D eigenvalue weighted by Gasteiger charge is 2.17. The van der Waals surface area contributed by atoms with E-state index in [0.29, 0.717) is 6.54 Å². The fraction of sp³-hybridized carbons (Fsp3) is 0.300. The van der Waals surface area contributed by atoms with Gasteiger partial charge in [-0.1, -0.05) is 35.9 Å². The van der Waals surface area contributed by atoms with Gasteiger partial charge in [-0.2, -0.15) is 0 Å². The summed E-state index contributed by atoms with van der Waals surface area (Å²) in [7, 11) is 0. The van der Waals surface area contributed by atoms with Gasteiger partial charge in [0.2, 0.25) is 11.8 Å². The van der Waals surface area contributed by atoms with E-state index in [0.717, 1.165) is 22.5 Å². The van der Waals surface area contributed by atoms with Crippen LogP contribution in [-0.4, -0.2) is 18.4 Å². The first-order valence-corrected chi connectivity index (χ1v) is 8.09. The number of carbonyl (C=O) groups is 2. The second-order valence-electron chi connectivity index (χ2n) is 6.08. The van der Waals surface area contributed by atoms with Gasteiger partial charge in [-0.25, -0.2) is 0 Å². The normalized spacial score (nSPS) is 10.3. The van der Waals surface area contributed by atoms with Crippen molar-refractivity contribution in [3.05, 3.63) is 59.2 Å². The van der Waals surface area contributed by atoms with Crippen LogP contribution in [0, 0.1) is 20.8 Å². The number of benzene rings is 2. The molecule has 0 aliphatic heterocycles. The van der Waals surface area contributed by atoms with E-state index in [-0.39, 0.29) is 18.2 Å². The average molecular weight is 324 g/mol. The molecule has 0 bridgehead atoms. The van der Waals surface area contributed by atoms with Crippen molar-refractivity contribution in [1.29, 1.82) is 0 Å². The van der Waals surface area contributed by atoms with Crippen molar-refractivity contribution in [2.75, 3.05) is 16.8 Å². The number of para-hydroxylation sites is 1. The smallest absolute Gasteiger partial charge is 0.226 e. The second-order valence-corrected chi connectivity index (χ2v) is 6.08. The Kier molecular flexibility index (Phi) is 5.74. The van der Waals surface area contributed by atoms with E-state index in [2.05, 4.69) is 17.4 Å². The summed E-state index contributed by atoms with van der Waals surface area (Å²) < 4.78 is 0. The van der Waals surface area contributed by atoms with Crippen LogP contribution in [0.25, 0.3) is 0 Å². The summed E-state index contributed by atoms with van der Waals surface area (Å²) in [6.45, 7) is 7.92. The van der Waals surface area contributed by atoms with Crippen molar-refractivity contribution in [2.24, 2.45) is 0 Å². The molecule has 2 rings (SSSR count). The van der Waals surface area contributed by atoms with Gasteiger partial charge in [-0.3, -0.25) is 9.59 Å². The monoisotopic (exact) mass is 324 g/mol. The molecule has 2 amide bonds. The van der Waals surface area contributed by atoms with Gasteiger partial charge >= 0.3 is 0 Å². The minimum absolute atomic E-state index is 0.0578. The van der Waals surface area contributed by atoms with Crippen LogP contribution in [-0.2, 0) is 9.59 Å². The Bertz CT molecular complexity index is 716. The van der Waals surface area contributed by atoms with E-state index in [4.69, 9.17) is 0 Å². The number of nitrogens with zero attached hydrogens (tertiary/aromatic N) is 1. The first-order chi connectivity index (χ1) is 11.4. The van der Waals surface area contributed by atoms with E-state index in [1.807, 2.05) is 51.1 Å². The molecule has 4 heteroatoms. The van der Waals surface area contributed by atoms with Gasteiger partial charge in [-0.05, 0) is 44.0 Å². The maximum Gasteiger partial charge on any atom is 0.226 e. The lowest BCUT2D eigenvalue weighted by Crippen LogP contribution is -2.33. The third-order valence-corrected chi connectivity index (χ3v) is 3.91. The number of amides is 2. The summed E-state index contributed by atoms with van der Waals surface area (Å²) in [5.41, 5.74) is 4.93. The van der Waals surface area contributed by atoms with Crippen molar-refractivity contribution >= 4 is 23.2 Å². The summed E-state index contributed by atoms with van der Waals surface area (Å²) in [6, 6.07) is 13.4. The van der Waals surface area contributed by atoms with Gasteiger partial charge in [0.1, 0.15) is 0 Å². The molecule has 0 saturated carbocycles. The van der Waals surface area contributed by atoms with Gasteiger partial charge in [-0.15, -0.1) is 0 Å². The zero-order valence-corrected chi connectivity index (χ0v) is 14.7. The molecule has 0 fully saturated rings. The lowest BCUT2D eigenvalue weighted by Gasteiger charge is -2.25. The molecular formula is C20H24N2O2. The summed E-state index contributed by atoms with van der Waals surface area (Å²) in [4.78, 5) is 25.9. The van der Waals surface area contributed by atoms with Crippen LogP contribution in [0.2, 0.25) is 0 Å².